The third-order valence-electron chi connectivity index (χ3n) is 2.79. The highest BCUT2D eigenvalue weighted by molar-refractivity contribution is 7.99. The number of nitrogens with one attached hydrogen (secondary N) is 1. The number of halogens is 1. The highest BCUT2D eigenvalue weighted by atomic mass is 35.5. The Labute approximate surface area is 110 Å². The Morgan fingerprint density at radius 1 is 1.53 bits per heavy atom. The number of aromatic nitrogens is 1. The van der Waals surface area contributed by atoms with Crippen molar-refractivity contribution >= 4 is 29.3 Å². The number of hydrogen-bond donors (Lipinski definition) is 1. The maximum atomic E-state index is 12.0. The molecule has 1 saturated heterocycles. The summed E-state index contributed by atoms with van der Waals surface area (Å²) in [5, 5.41) is 3.49. The largest absolute Gasteiger partial charge is 0.349 e. The summed E-state index contributed by atoms with van der Waals surface area (Å²) in [5.74, 6) is 2.12. The summed E-state index contributed by atoms with van der Waals surface area (Å²) in [6.45, 7) is 1.85. The molecule has 1 fully saturated rings. The van der Waals surface area contributed by atoms with Gasteiger partial charge in [0.25, 0.3) is 5.91 Å². The maximum absolute atomic E-state index is 12.0. The maximum Gasteiger partial charge on any atom is 0.254 e. The predicted octanol–water partition coefficient (Wildman–Crippen LogP) is 2.67. The van der Waals surface area contributed by atoms with E-state index in [9.17, 15) is 4.79 Å². The number of rotatable bonds is 2. The molecule has 0 radical (unpaired) electrons. The molecule has 2 rings (SSSR count). The molecule has 2 heterocycles. The van der Waals surface area contributed by atoms with E-state index in [1.54, 1.807) is 12.3 Å². The van der Waals surface area contributed by atoms with Crippen molar-refractivity contribution in [3.63, 3.8) is 0 Å². The minimum Gasteiger partial charge on any atom is -0.349 e. The standard InChI is InChI=1S/C12H15ClN2OS/c1-8-6-11(13)10(7-14-8)12(16)15-9-2-4-17-5-3-9/h6-7,9H,2-5H2,1H3,(H,15,16). The fourth-order valence-corrected chi connectivity index (χ4v) is 3.20. The summed E-state index contributed by atoms with van der Waals surface area (Å²) in [7, 11) is 0. The van der Waals surface area contributed by atoms with Gasteiger partial charge in [-0.3, -0.25) is 9.78 Å². The lowest BCUT2D eigenvalue weighted by Gasteiger charge is -2.22. The van der Waals surface area contributed by atoms with E-state index in [1.807, 2.05) is 18.7 Å². The van der Waals surface area contributed by atoms with Crippen molar-refractivity contribution in [2.45, 2.75) is 25.8 Å². The first kappa shape index (κ1) is 12.7. The van der Waals surface area contributed by atoms with Crippen LogP contribution in [0.25, 0.3) is 0 Å². The molecule has 1 N–H and O–H groups in total. The highest BCUT2D eigenvalue weighted by Crippen LogP contribution is 2.19. The van der Waals surface area contributed by atoms with Gasteiger partial charge in [-0.15, -0.1) is 0 Å². The molecule has 1 aromatic rings. The lowest BCUT2D eigenvalue weighted by atomic mass is 10.1. The minimum absolute atomic E-state index is 0.112. The fourth-order valence-electron chi connectivity index (χ4n) is 1.80. The van der Waals surface area contributed by atoms with Crippen LogP contribution >= 0.6 is 23.4 Å². The number of carbonyl (C=O) groups excluding carboxylic acids is 1. The predicted molar refractivity (Wildman–Crippen MR) is 71.8 cm³/mol. The summed E-state index contributed by atoms with van der Waals surface area (Å²) in [6, 6.07) is 1.99. The van der Waals surface area contributed by atoms with Crippen molar-refractivity contribution in [3.8, 4) is 0 Å². The van der Waals surface area contributed by atoms with Crippen molar-refractivity contribution in [2.75, 3.05) is 11.5 Å². The lowest BCUT2D eigenvalue weighted by Crippen LogP contribution is -2.37. The van der Waals surface area contributed by atoms with Crippen LogP contribution in [0.3, 0.4) is 0 Å². The van der Waals surface area contributed by atoms with Gasteiger partial charge in [-0.05, 0) is 37.3 Å². The Morgan fingerprint density at radius 3 is 2.88 bits per heavy atom. The smallest absolute Gasteiger partial charge is 0.254 e. The summed E-state index contributed by atoms with van der Waals surface area (Å²) in [5.41, 5.74) is 1.29. The number of amides is 1. The molecule has 17 heavy (non-hydrogen) atoms. The molecule has 0 aliphatic carbocycles. The van der Waals surface area contributed by atoms with E-state index in [0.29, 0.717) is 10.6 Å². The molecule has 5 heteroatoms. The second-order valence-corrected chi connectivity index (χ2v) is 5.80. The van der Waals surface area contributed by atoms with E-state index >= 15 is 0 Å². The molecule has 1 aliphatic heterocycles. The van der Waals surface area contributed by atoms with Gasteiger partial charge >= 0.3 is 0 Å². The number of hydrogen-bond acceptors (Lipinski definition) is 3. The van der Waals surface area contributed by atoms with E-state index in [1.165, 1.54) is 0 Å². The van der Waals surface area contributed by atoms with Crippen LogP contribution in [0, 0.1) is 6.92 Å². The van der Waals surface area contributed by atoms with Gasteiger partial charge in [-0.25, -0.2) is 0 Å². The van der Waals surface area contributed by atoms with Crippen LogP contribution in [0.5, 0.6) is 0 Å². The van der Waals surface area contributed by atoms with Crippen LogP contribution in [0.15, 0.2) is 12.3 Å². The van der Waals surface area contributed by atoms with Crippen LogP contribution in [0.1, 0.15) is 28.9 Å². The van der Waals surface area contributed by atoms with E-state index in [-0.39, 0.29) is 11.9 Å². The zero-order chi connectivity index (χ0) is 12.3. The zero-order valence-electron chi connectivity index (χ0n) is 9.70. The van der Waals surface area contributed by atoms with Crippen LogP contribution < -0.4 is 5.32 Å². The topological polar surface area (TPSA) is 42.0 Å². The monoisotopic (exact) mass is 270 g/mol. The first-order valence-electron chi connectivity index (χ1n) is 5.67. The van der Waals surface area contributed by atoms with Gasteiger partial charge in [-0.2, -0.15) is 11.8 Å². The summed E-state index contributed by atoms with van der Waals surface area (Å²) in [4.78, 5) is 16.1. The van der Waals surface area contributed by atoms with Gasteiger partial charge in [0.1, 0.15) is 0 Å². The second kappa shape index (κ2) is 5.74. The Kier molecular flexibility index (Phi) is 4.29. The van der Waals surface area contributed by atoms with Crippen LogP contribution in [-0.4, -0.2) is 28.4 Å². The second-order valence-electron chi connectivity index (χ2n) is 4.17. The number of pyridine rings is 1. The van der Waals surface area contributed by atoms with Crippen LogP contribution in [0.2, 0.25) is 5.02 Å². The zero-order valence-corrected chi connectivity index (χ0v) is 11.3. The molecule has 1 amide bonds. The first-order valence-corrected chi connectivity index (χ1v) is 7.21. The molecule has 0 saturated carbocycles. The summed E-state index contributed by atoms with van der Waals surface area (Å²) in [6.07, 6.45) is 3.62. The van der Waals surface area contributed by atoms with Gasteiger partial charge in [0.15, 0.2) is 0 Å². The fraction of sp³-hybridized carbons (Fsp3) is 0.500. The number of aryl methyl sites for hydroxylation is 1. The normalized spacial score (nSPS) is 16.8. The average molecular weight is 271 g/mol. The molecular formula is C12H15ClN2OS. The Balaban J connectivity index is 2.03. The molecule has 1 aliphatic rings. The summed E-state index contributed by atoms with van der Waals surface area (Å²) >= 11 is 7.97. The van der Waals surface area contributed by atoms with Crippen molar-refractivity contribution in [2.24, 2.45) is 0 Å². The van der Waals surface area contributed by atoms with Crippen molar-refractivity contribution in [1.29, 1.82) is 0 Å². The molecule has 0 atom stereocenters. The van der Waals surface area contributed by atoms with E-state index in [4.69, 9.17) is 11.6 Å². The molecule has 0 bridgehead atoms. The molecule has 3 nitrogen and oxygen atoms in total. The van der Waals surface area contributed by atoms with Crippen LogP contribution in [0.4, 0.5) is 0 Å². The summed E-state index contributed by atoms with van der Waals surface area (Å²) < 4.78 is 0. The Hall–Kier alpha value is -0.740. The number of carbonyl (C=O) groups is 1. The van der Waals surface area contributed by atoms with E-state index in [2.05, 4.69) is 10.3 Å². The molecule has 0 unspecified atom stereocenters. The highest BCUT2D eigenvalue weighted by Gasteiger charge is 2.18. The Morgan fingerprint density at radius 2 is 2.24 bits per heavy atom. The molecule has 92 valence electrons. The molecule has 0 spiro atoms. The van der Waals surface area contributed by atoms with Crippen LogP contribution in [-0.2, 0) is 0 Å². The van der Waals surface area contributed by atoms with Gasteiger partial charge in [-0.1, -0.05) is 11.6 Å². The number of thioether (sulfide) groups is 1. The molecule has 1 aromatic heterocycles. The van der Waals surface area contributed by atoms with E-state index < -0.39 is 0 Å². The number of nitrogens with zero attached hydrogens (tertiary/aromatic N) is 1. The van der Waals surface area contributed by atoms with Gasteiger partial charge in [0.2, 0.25) is 0 Å². The van der Waals surface area contributed by atoms with Gasteiger partial charge in [0.05, 0.1) is 10.6 Å². The van der Waals surface area contributed by atoms with E-state index in [0.717, 1.165) is 30.0 Å². The molecular weight excluding hydrogens is 256 g/mol. The van der Waals surface area contributed by atoms with Gasteiger partial charge in [0, 0.05) is 17.9 Å². The molecule has 0 aromatic carbocycles. The SMILES string of the molecule is Cc1cc(Cl)c(C(=O)NC2CCSCC2)cn1. The van der Waals surface area contributed by atoms with Crippen molar-refractivity contribution < 1.29 is 4.79 Å². The first-order chi connectivity index (χ1) is 8.16. The lowest BCUT2D eigenvalue weighted by molar-refractivity contribution is 0.0934. The average Bonchev–Trinajstić information content (AvgIpc) is 2.30. The Bertz CT molecular complexity index is 419. The van der Waals surface area contributed by atoms with Crippen molar-refractivity contribution in [3.05, 3.63) is 28.5 Å². The minimum atomic E-state index is -0.112. The third-order valence-corrected chi connectivity index (χ3v) is 4.15. The quantitative estimate of drug-likeness (QED) is 0.898. The third kappa shape index (κ3) is 3.36. The van der Waals surface area contributed by atoms with Crippen molar-refractivity contribution in [1.82, 2.24) is 10.3 Å². The van der Waals surface area contributed by atoms with Gasteiger partial charge < -0.3 is 5.32 Å².